The van der Waals surface area contributed by atoms with Gasteiger partial charge in [0.05, 0.1) is 0 Å². The van der Waals surface area contributed by atoms with E-state index in [0.29, 0.717) is 6.42 Å². The third-order valence-corrected chi connectivity index (χ3v) is 4.76. The minimum Gasteiger partial charge on any atom is -0.480 e. The summed E-state index contributed by atoms with van der Waals surface area (Å²) in [6.45, 7) is 4.58. The fourth-order valence-electron chi connectivity index (χ4n) is 3.52. The summed E-state index contributed by atoms with van der Waals surface area (Å²) in [6.07, 6.45) is 3.41. The zero-order valence-electron chi connectivity index (χ0n) is 15.1. The molecule has 25 heavy (non-hydrogen) atoms. The zero-order valence-corrected chi connectivity index (χ0v) is 15.1. The largest absolute Gasteiger partial charge is 0.480 e. The molecule has 2 N–H and O–H groups in total. The summed E-state index contributed by atoms with van der Waals surface area (Å²) in [5, 5.41) is 15.2. The lowest BCUT2D eigenvalue weighted by Gasteiger charge is -2.25. The average Bonchev–Trinajstić information content (AvgIpc) is 3.04. The van der Waals surface area contributed by atoms with Gasteiger partial charge >= 0.3 is 5.97 Å². The Labute approximate surface area is 148 Å². The van der Waals surface area contributed by atoms with Crippen LogP contribution in [0.2, 0.25) is 0 Å². The number of rotatable bonds is 6. The Hall–Kier alpha value is -2.34. The molecular weight excluding hydrogens is 316 g/mol. The summed E-state index contributed by atoms with van der Waals surface area (Å²) in [7, 11) is 4.11. The number of nitrogens with one attached hydrogen (secondary N) is 1. The Morgan fingerprint density at radius 1 is 1.44 bits per heavy atom. The molecule has 2 aromatic rings. The maximum absolute atomic E-state index is 11.6. The standard InChI is InChI=1S/C19H26N4O2/c1-13-12-21-18(23-10-5-8-16(23)19(24)25)14-6-4-7-15(17(13)14)20-9-11-22(2)3/h4,6-7,12,16,20H,5,8-11H2,1-3H3,(H,24,25). The highest BCUT2D eigenvalue weighted by Crippen LogP contribution is 2.35. The number of aryl methyl sites for hydroxylation is 1. The van der Waals surface area contributed by atoms with Gasteiger partial charge in [-0.05, 0) is 45.5 Å². The number of hydrogen-bond donors (Lipinski definition) is 2. The summed E-state index contributed by atoms with van der Waals surface area (Å²) in [5.74, 6) is 0.00930. The van der Waals surface area contributed by atoms with Crippen molar-refractivity contribution < 1.29 is 9.90 Å². The van der Waals surface area contributed by atoms with E-state index in [-0.39, 0.29) is 0 Å². The SMILES string of the molecule is Cc1cnc(N2CCCC2C(=O)O)c2cccc(NCCN(C)C)c12. The van der Waals surface area contributed by atoms with Crippen LogP contribution in [0.25, 0.3) is 10.8 Å². The van der Waals surface area contributed by atoms with E-state index in [4.69, 9.17) is 0 Å². The maximum Gasteiger partial charge on any atom is 0.326 e. The summed E-state index contributed by atoms with van der Waals surface area (Å²) >= 11 is 0. The summed E-state index contributed by atoms with van der Waals surface area (Å²) in [5.41, 5.74) is 2.17. The van der Waals surface area contributed by atoms with Crippen molar-refractivity contribution in [1.29, 1.82) is 0 Å². The first-order valence-electron chi connectivity index (χ1n) is 8.75. The van der Waals surface area contributed by atoms with Crippen molar-refractivity contribution in [3.63, 3.8) is 0 Å². The number of nitrogens with zero attached hydrogens (tertiary/aromatic N) is 3. The molecule has 6 heteroatoms. The molecule has 0 bridgehead atoms. The average molecular weight is 342 g/mol. The van der Waals surface area contributed by atoms with Crippen molar-refractivity contribution in [2.45, 2.75) is 25.8 Å². The fourth-order valence-corrected chi connectivity index (χ4v) is 3.52. The normalized spacial score (nSPS) is 17.4. The van der Waals surface area contributed by atoms with E-state index in [2.05, 4.69) is 42.3 Å². The molecule has 1 saturated heterocycles. The van der Waals surface area contributed by atoms with Crippen LogP contribution in [-0.4, -0.2) is 60.7 Å². The van der Waals surface area contributed by atoms with E-state index >= 15 is 0 Å². The van der Waals surface area contributed by atoms with Crippen molar-refractivity contribution in [2.75, 3.05) is 43.9 Å². The molecule has 0 spiro atoms. The highest BCUT2D eigenvalue weighted by Gasteiger charge is 2.32. The summed E-state index contributed by atoms with van der Waals surface area (Å²) < 4.78 is 0. The van der Waals surface area contributed by atoms with Crippen molar-refractivity contribution in [3.8, 4) is 0 Å². The molecule has 0 saturated carbocycles. The number of pyridine rings is 1. The predicted molar refractivity (Wildman–Crippen MR) is 102 cm³/mol. The summed E-state index contributed by atoms with van der Waals surface area (Å²) in [4.78, 5) is 20.2. The van der Waals surface area contributed by atoms with E-state index in [0.717, 1.165) is 53.9 Å². The van der Waals surface area contributed by atoms with Gasteiger partial charge in [0.1, 0.15) is 11.9 Å². The number of carboxylic acid groups (broad SMARTS) is 1. The number of anilines is 2. The second-order valence-corrected chi connectivity index (χ2v) is 6.91. The van der Waals surface area contributed by atoms with Crippen LogP contribution in [0.5, 0.6) is 0 Å². The zero-order chi connectivity index (χ0) is 18.0. The summed E-state index contributed by atoms with van der Waals surface area (Å²) in [6, 6.07) is 5.65. The second-order valence-electron chi connectivity index (χ2n) is 6.91. The number of hydrogen-bond acceptors (Lipinski definition) is 5. The van der Waals surface area contributed by atoms with Crippen LogP contribution >= 0.6 is 0 Å². The molecule has 1 unspecified atom stereocenters. The molecule has 3 rings (SSSR count). The van der Waals surface area contributed by atoms with Crippen LogP contribution in [0.4, 0.5) is 11.5 Å². The molecule has 1 atom stereocenters. The number of aromatic nitrogens is 1. The molecule has 1 aliphatic heterocycles. The van der Waals surface area contributed by atoms with Crippen molar-refractivity contribution >= 4 is 28.2 Å². The third kappa shape index (κ3) is 3.54. The van der Waals surface area contributed by atoms with Gasteiger partial charge in [-0.1, -0.05) is 12.1 Å². The topological polar surface area (TPSA) is 68.7 Å². The number of aliphatic carboxylic acids is 1. The first kappa shape index (κ1) is 17.5. The number of carboxylic acids is 1. The Morgan fingerprint density at radius 2 is 2.24 bits per heavy atom. The number of likely N-dealkylation sites (N-methyl/N-ethyl adjacent to an activating group) is 1. The van der Waals surface area contributed by atoms with Gasteiger partial charge in [-0.3, -0.25) is 0 Å². The van der Waals surface area contributed by atoms with Crippen molar-refractivity contribution in [2.24, 2.45) is 0 Å². The monoisotopic (exact) mass is 342 g/mol. The van der Waals surface area contributed by atoms with Gasteiger partial charge in [0.15, 0.2) is 0 Å². The highest BCUT2D eigenvalue weighted by molar-refractivity contribution is 6.03. The Bertz CT molecular complexity index is 775. The minimum atomic E-state index is -0.770. The van der Waals surface area contributed by atoms with Gasteiger partial charge in [-0.25, -0.2) is 9.78 Å². The van der Waals surface area contributed by atoms with Gasteiger partial charge in [0.2, 0.25) is 0 Å². The van der Waals surface area contributed by atoms with E-state index in [1.165, 1.54) is 0 Å². The maximum atomic E-state index is 11.6. The Kier molecular flexibility index (Phi) is 5.08. The molecule has 1 fully saturated rings. The third-order valence-electron chi connectivity index (χ3n) is 4.76. The van der Waals surface area contributed by atoms with Crippen LogP contribution in [0.1, 0.15) is 18.4 Å². The van der Waals surface area contributed by atoms with Gasteiger partial charge < -0.3 is 20.2 Å². The van der Waals surface area contributed by atoms with Gasteiger partial charge in [0.25, 0.3) is 0 Å². The molecule has 134 valence electrons. The van der Waals surface area contributed by atoms with Crippen LogP contribution in [-0.2, 0) is 4.79 Å². The second kappa shape index (κ2) is 7.27. The van der Waals surface area contributed by atoms with Gasteiger partial charge in [0, 0.05) is 42.3 Å². The molecular formula is C19H26N4O2. The molecule has 0 radical (unpaired) electrons. The van der Waals surface area contributed by atoms with Crippen LogP contribution in [0.3, 0.4) is 0 Å². The van der Waals surface area contributed by atoms with Crippen molar-refractivity contribution in [1.82, 2.24) is 9.88 Å². The highest BCUT2D eigenvalue weighted by atomic mass is 16.4. The molecule has 1 aliphatic rings. The smallest absolute Gasteiger partial charge is 0.326 e. The van der Waals surface area contributed by atoms with Gasteiger partial charge in [-0.2, -0.15) is 0 Å². The van der Waals surface area contributed by atoms with E-state index < -0.39 is 12.0 Å². The fraction of sp³-hybridized carbons (Fsp3) is 0.474. The molecule has 2 heterocycles. The molecule has 0 aliphatic carbocycles. The number of carbonyl (C=O) groups is 1. The molecule has 6 nitrogen and oxygen atoms in total. The number of benzene rings is 1. The molecule has 1 aromatic carbocycles. The van der Waals surface area contributed by atoms with Crippen LogP contribution in [0, 0.1) is 6.92 Å². The van der Waals surface area contributed by atoms with E-state index in [1.54, 1.807) is 0 Å². The Balaban J connectivity index is 2.01. The first-order chi connectivity index (χ1) is 12.0. The van der Waals surface area contributed by atoms with E-state index in [9.17, 15) is 9.90 Å². The van der Waals surface area contributed by atoms with Crippen LogP contribution in [0.15, 0.2) is 24.4 Å². The minimum absolute atomic E-state index is 0.483. The Morgan fingerprint density at radius 3 is 2.96 bits per heavy atom. The molecule has 0 amide bonds. The lowest BCUT2D eigenvalue weighted by Crippen LogP contribution is -2.36. The lowest BCUT2D eigenvalue weighted by molar-refractivity contribution is -0.138. The lowest BCUT2D eigenvalue weighted by atomic mass is 10.0. The van der Waals surface area contributed by atoms with Gasteiger partial charge in [-0.15, -0.1) is 0 Å². The number of fused-ring (bicyclic) bond motifs is 1. The van der Waals surface area contributed by atoms with Crippen molar-refractivity contribution in [3.05, 3.63) is 30.0 Å². The van der Waals surface area contributed by atoms with Crippen LogP contribution < -0.4 is 10.2 Å². The molecule has 1 aromatic heterocycles. The first-order valence-corrected chi connectivity index (χ1v) is 8.75. The van der Waals surface area contributed by atoms with E-state index in [1.807, 2.05) is 23.2 Å². The quantitative estimate of drug-likeness (QED) is 0.841. The predicted octanol–water partition coefficient (Wildman–Crippen LogP) is 2.57.